The van der Waals surface area contributed by atoms with Crippen LogP contribution in [0.2, 0.25) is 0 Å². The molecule has 0 saturated carbocycles. The van der Waals surface area contributed by atoms with Gasteiger partial charge in [0.2, 0.25) is 0 Å². The van der Waals surface area contributed by atoms with Crippen LogP contribution in [0.3, 0.4) is 0 Å². The van der Waals surface area contributed by atoms with Gasteiger partial charge in [-0.3, -0.25) is 4.98 Å². The fraction of sp³-hybridized carbons (Fsp3) is 0.100. The number of nitrogens with zero attached hydrogens (tertiary/aromatic N) is 1. The summed E-state index contributed by atoms with van der Waals surface area (Å²) in [4.78, 5) is 4.05. The Morgan fingerprint density at radius 3 is 3.00 bits per heavy atom. The maximum atomic E-state index is 5.25. The van der Waals surface area contributed by atoms with Gasteiger partial charge in [0.05, 0.1) is 7.11 Å². The molecule has 0 atom stereocenters. The summed E-state index contributed by atoms with van der Waals surface area (Å²) >= 11 is 3.42. The minimum absolute atomic E-state index is 0.867. The molecule has 1 aromatic heterocycles. The average molecular weight is 238 g/mol. The largest absolute Gasteiger partial charge is 0.496 e. The molecule has 0 spiro atoms. The first-order chi connectivity index (χ1) is 6.31. The van der Waals surface area contributed by atoms with E-state index in [0.717, 1.165) is 21.0 Å². The van der Waals surface area contributed by atoms with Gasteiger partial charge in [-0.1, -0.05) is 15.9 Å². The lowest BCUT2D eigenvalue weighted by Gasteiger charge is -2.05. The Bertz CT molecular complexity index is 442. The third-order valence-corrected chi connectivity index (χ3v) is 2.36. The highest BCUT2D eigenvalue weighted by Crippen LogP contribution is 2.28. The highest BCUT2D eigenvalue weighted by Gasteiger charge is 2.01. The van der Waals surface area contributed by atoms with Crippen LogP contribution in [0, 0.1) is 0 Å². The fourth-order valence-electron chi connectivity index (χ4n) is 1.31. The van der Waals surface area contributed by atoms with Crippen molar-refractivity contribution in [3.63, 3.8) is 0 Å². The van der Waals surface area contributed by atoms with E-state index in [1.807, 2.05) is 24.4 Å². The van der Waals surface area contributed by atoms with Crippen molar-refractivity contribution in [2.24, 2.45) is 0 Å². The second kappa shape index (κ2) is 3.34. The fourth-order valence-corrected chi connectivity index (χ4v) is 1.76. The van der Waals surface area contributed by atoms with Crippen LogP contribution in [0.1, 0.15) is 0 Å². The van der Waals surface area contributed by atoms with Gasteiger partial charge in [0, 0.05) is 27.6 Å². The van der Waals surface area contributed by atoms with Crippen molar-refractivity contribution in [1.29, 1.82) is 0 Å². The maximum Gasteiger partial charge on any atom is 0.127 e. The van der Waals surface area contributed by atoms with Crippen LogP contribution in [0.5, 0.6) is 5.75 Å². The first-order valence-electron chi connectivity index (χ1n) is 3.88. The predicted octanol–water partition coefficient (Wildman–Crippen LogP) is 3.01. The molecule has 0 unspecified atom stereocenters. The minimum Gasteiger partial charge on any atom is -0.496 e. The summed E-state index contributed by atoms with van der Waals surface area (Å²) in [5, 5.41) is 2.16. The first-order valence-corrected chi connectivity index (χ1v) is 4.68. The summed E-state index contributed by atoms with van der Waals surface area (Å²) < 4.78 is 6.26. The number of rotatable bonds is 1. The van der Waals surface area contributed by atoms with E-state index in [2.05, 4.69) is 20.9 Å². The summed E-state index contributed by atoms with van der Waals surface area (Å²) in [6, 6.07) is 5.91. The second-order valence-electron chi connectivity index (χ2n) is 2.70. The summed E-state index contributed by atoms with van der Waals surface area (Å²) in [6.07, 6.45) is 3.58. The highest BCUT2D eigenvalue weighted by molar-refractivity contribution is 9.10. The maximum absolute atomic E-state index is 5.25. The number of halogens is 1. The molecule has 0 amide bonds. The third-order valence-electron chi connectivity index (χ3n) is 1.90. The lowest BCUT2D eigenvalue weighted by atomic mass is 10.1. The van der Waals surface area contributed by atoms with Gasteiger partial charge >= 0.3 is 0 Å². The van der Waals surface area contributed by atoms with E-state index in [4.69, 9.17) is 4.74 Å². The molecule has 13 heavy (non-hydrogen) atoms. The molecule has 0 fully saturated rings. The lowest BCUT2D eigenvalue weighted by molar-refractivity contribution is 0.419. The third kappa shape index (κ3) is 1.52. The van der Waals surface area contributed by atoms with Gasteiger partial charge in [-0.05, 0) is 18.2 Å². The Morgan fingerprint density at radius 2 is 2.23 bits per heavy atom. The van der Waals surface area contributed by atoms with E-state index < -0.39 is 0 Å². The van der Waals surface area contributed by atoms with Crippen molar-refractivity contribution in [2.75, 3.05) is 7.11 Å². The zero-order chi connectivity index (χ0) is 9.26. The molecule has 2 nitrogen and oxygen atoms in total. The van der Waals surface area contributed by atoms with Crippen molar-refractivity contribution in [1.82, 2.24) is 4.98 Å². The van der Waals surface area contributed by atoms with Gasteiger partial charge in [0.1, 0.15) is 5.75 Å². The molecule has 2 aromatic rings. The Hall–Kier alpha value is -1.09. The van der Waals surface area contributed by atoms with Crippen LogP contribution in [0.15, 0.2) is 35.1 Å². The molecule has 0 saturated heterocycles. The van der Waals surface area contributed by atoms with Crippen LogP contribution >= 0.6 is 15.9 Å². The Labute approximate surface area is 84.7 Å². The van der Waals surface area contributed by atoms with Crippen molar-refractivity contribution in [3.8, 4) is 5.75 Å². The van der Waals surface area contributed by atoms with Crippen molar-refractivity contribution >= 4 is 26.7 Å². The number of methoxy groups -OCH3 is 1. The predicted molar refractivity (Wildman–Crippen MR) is 56.0 cm³/mol. The number of fused-ring (bicyclic) bond motifs is 1. The molecule has 0 radical (unpaired) electrons. The topological polar surface area (TPSA) is 22.1 Å². The SMILES string of the molecule is COc1cc(Br)cc2cnccc12. The molecule has 0 aliphatic heterocycles. The number of pyridine rings is 1. The summed E-state index contributed by atoms with van der Waals surface area (Å²) in [5.41, 5.74) is 0. The van der Waals surface area contributed by atoms with E-state index in [-0.39, 0.29) is 0 Å². The molecule has 0 aliphatic carbocycles. The number of ether oxygens (including phenoxy) is 1. The molecule has 3 heteroatoms. The van der Waals surface area contributed by atoms with E-state index in [9.17, 15) is 0 Å². The van der Waals surface area contributed by atoms with E-state index in [1.54, 1.807) is 13.3 Å². The van der Waals surface area contributed by atoms with E-state index in [0.29, 0.717) is 0 Å². The first kappa shape index (κ1) is 8.51. The molecule has 2 rings (SSSR count). The van der Waals surface area contributed by atoms with Crippen LogP contribution in [0.25, 0.3) is 10.8 Å². The molecule has 1 heterocycles. The monoisotopic (exact) mass is 237 g/mol. The van der Waals surface area contributed by atoms with Gasteiger partial charge in [-0.2, -0.15) is 0 Å². The average Bonchev–Trinajstić information content (AvgIpc) is 2.16. The Morgan fingerprint density at radius 1 is 1.38 bits per heavy atom. The minimum atomic E-state index is 0.867. The van der Waals surface area contributed by atoms with Crippen molar-refractivity contribution < 1.29 is 4.74 Å². The van der Waals surface area contributed by atoms with E-state index >= 15 is 0 Å². The molecule has 66 valence electrons. The molecular weight excluding hydrogens is 230 g/mol. The number of benzene rings is 1. The highest BCUT2D eigenvalue weighted by atomic mass is 79.9. The second-order valence-corrected chi connectivity index (χ2v) is 3.62. The Balaban J connectivity index is 2.81. The molecule has 1 aromatic carbocycles. The van der Waals surface area contributed by atoms with E-state index in [1.165, 1.54) is 0 Å². The van der Waals surface area contributed by atoms with Crippen LogP contribution in [-0.4, -0.2) is 12.1 Å². The molecular formula is C10H8BrNO. The van der Waals surface area contributed by atoms with Gasteiger partial charge in [-0.25, -0.2) is 0 Å². The van der Waals surface area contributed by atoms with Gasteiger partial charge in [-0.15, -0.1) is 0 Å². The van der Waals surface area contributed by atoms with Crippen LogP contribution in [0.4, 0.5) is 0 Å². The number of hydrogen-bond donors (Lipinski definition) is 0. The molecule has 0 bridgehead atoms. The zero-order valence-electron chi connectivity index (χ0n) is 7.12. The number of aromatic nitrogens is 1. The van der Waals surface area contributed by atoms with Crippen molar-refractivity contribution in [2.45, 2.75) is 0 Å². The number of hydrogen-bond acceptors (Lipinski definition) is 2. The zero-order valence-corrected chi connectivity index (χ0v) is 8.71. The Kier molecular flexibility index (Phi) is 2.19. The molecule has 0 aliphatic rings. The van der Waals surface area contributed by atoms with Crippen LogP contribution in [-0.2, 0) is 0 Å². The van der Waals surface area contributed by atoms with Crippen LogP contribution < -0.4 is 4.74 Å². The smallest absolute Gasteiger partial charge is 0.127 e. The summed E-state index contributed by atoms with van der Waals surface area (Å²) in [6.45, 7) is 0. The van der Waals surface area contributed by atoms with Gasteiger partial charge in [0.15, 0.2) is 0 Å². The normalized spacial score (nSPS) is 10.3. The summed E-state index contributed by atoms with van der Waals surface area (Å²) in [5.74, 6) is 0.867. The summed E-state index contributed by atoms with van der Waals surface area (Å²) in [7, 11) is 1.67. The molecule has 0 N–H and O–H groups in total. The quantitative estimate of drug-likeness (QED) is 0.761. The standard InChI is InChI=1S/C10H8BrNO/c1-13-10-5-8(11)4-7-6-12-3-2-9(7)10/h2-6H,1H3. The van der Waals surface area contributed by atoms with Gasteiger partial charge < -0.3 is 4.74 Å². The van der Waals surface area contributed by atoms with Crippen molar-refractivity contribution in [3.05, 3.63) is 35.1 Å². The van der Waals surface area contributed by atoms with Gasteiger partial charge in [0.25, 0.3) is 0 Å². The lowest BCUT2D eigenvalue weighted by Crippen LogP contribution is -1.85.